The molecule has 8 N–H and O–H groups in total. The van der Waals surface area contributed by atoms with Gasteiger partial charge in [0, 0.05) is 6.61 Å². The molecule has 0 aliphatic carbocycles. The molecule has 0 saturated carbocycles. The van der Waals surface area contributed by atoms with Crippen molar-refractivity contribution in [3.63, 3.8) is 0 Å². The molecule has 4 heterocycles. The number of aliphatic carboxylic acids is 2. The van der Waals surface area contributed by atoms with E-state index in [-0.39, 0.29) is 220 Å². The molecule has 0 aromatic rings. The molecule has 4 rings (SSSR count). The van der Waals surface area contributed by atoms with Crippen molar-refractivity contribution >= 4 is 63.7 Å². The van der Waals surface area contributed by atoms with Crippen LogP contribution in [0.4, 0.5) is 0 Å². The van der Waals surface area contributed by atoms with Crippen LogP contribution in [0, 0.1) is 0 Å². The van der Waals surface area contributed by atoms with Crippen LogP contribution in [0.5, 0.6) is 0 Å². The second kappa shape index (κ2) is 40.9. The molecular formula is C32H49N2Na7O36S5. The summed E-state index contributed by atoms with van der Waals surface area (Å²) in [5.41, 5.74) is 0. The summed E-state index contributed by atoms with van der Waals surface area (Å²) in [7, 11) is -29.7. The average molecular weight is 1360 g/mol. The van der Waals surface area contributed by atoms with Crippen LogP contribution in [0.1, 0.15) is 45.4 Å². The summed E-state index contributed by atoms with van der Waals surface area (Å²) in [6.07, 6.45) is -44.7. The SMILES string of the molecule is CCCCCCCCO[C@H]1O[C@H](COS(=O)(=O)[O-])[C@@H](O[C@@H]2O[C@H](C(=O)[O-])[C@@H](O[C@H]3O[C@H](COS(=O)(=O)[O-])[C@@H](O[C@@H]4O[C@H](C(=O)[O-])[C@@H](O)[C@H](O)[C@H]4O)[C@H](OS(=O)(=O)[O-])[C@H]3NS(=O)(=O)[O-])[C@H](O)[C@H]2O)[C@H](O)[C@H]1NS(=O)(=O)[O-].[Na+].[Na+].[Na+].[Na+].[Na+].[Na+].[Na+]. The zero-order chi connectivity index (χ0) is 56.8. The topological polar surface area (TPSA) is 613 Å². The molecule has 38 nitrogen and oxygen atoms in total. The maximum Gasteiger partial charge on any atom is 1.00 e. The van der Waals surface area contributed by atoms with Gasteiger partial charge >= 0.3 is 207 Å². The summed E-state index contributed by atoms with van der Waals surface area (Å²) >= 11 is 0. The number of carbonyl (C=O) groups excluding carboxylic acids is 2. The van der Waals surface area contributed by atoms with Gasteiger partial charge in [0.1, 0.15) is 97.5 Å². The van der Waals surface area contributed by atoms with Crippen LogP contribution in [-0.4, -0.2) is 250 Å². The average Bonchev–Trinajstić information content (AvgIpc) is 3.26. The third kappa shape index (κ3) is 30.0. The number of nitrogens with one attached hydrogen (secondary N) is 2. The molecule has 0 bridgehead atoms. The Kier molecular flexibility index (Phi) is 46.4. The largest absolute Gasteiger partial charge is 1.00 e. The number of unbranched alkanes of at least 4 members (excludes halogenated alkanes) is 5. The molecular weight excluding hydrogens is 1310 g/mol. The van der Waals surface area contributed by atoms with Crippen molar-refractivity contribution in [1.82, 2.24) is 9.44 Å². The molecule has 0 unspecified atom stereocenters. The number of hydrogen-bond acceptors (Lipinski definition) is 36. The predicted molar refractivity (Wildman–Crippen MR) is 214 cm³/mol. The van der Waals surface area contributed by atoms with E-state index in [9.17, 15) is 115 Å². The number of rotatable bonds is 28. The minimum atomic E-state index is -6.36. The number of ether oxygens (including phenoxy) is 8. The minimum Gasteiger partial charge on any atom is -0.735 e. The minimum absolute atomic E-state index is 0. The van der Waals surface area contributed by atoms with E-state index in [2.05, 4.69) is 12.5 Å². The van der Waals surface area contributed by atoms with Gasteiger partial charge in [-0.1, -0.05) is 39.0 Å². The molecule has 4 aliphatic rings. The standard InChI is InChI=1S/C32H56N2O36S5.7Na/c1-2-3-4-5-6-7-8-60-29-13(33-71(45,46)47)15(35)21(11(63-29)9-61-73(51,52)53)65-32-20(40)18(38)24(26(69-32)28(43)44)67-30-14(34-72(48,49)50)23(70-75(57,58)59)22(12(64-30)10-62-74(54,55)56)66-31-19(39)16(36)17(37)25(68-31)27(41)42;;;;;;;/h11-26,29-40H,2-10H2,1H3,(H,41,42)(H,43,44)(H,45,46,47)(H,48,49,50)(H,51,52,53)(H,54,55,56)(H,57,58,59);;;;;;;/q;7*+1/p-7/t11-,12-,13-,14-,15-,16+,17+,18-,19-,20-,21-,22-,23-,24+,25+,26+,29+,30-,31-,32-;;;;;;;/m1......./s1. The Morgan fingerprint density at radius 2 is 0.866 bits per heavy atom. The number of carbonyl (C=O) groups is 2. The van der Waals surface area contributed by atoms with E-state index < -0.39 is 200 Å². The normalized spacial score (nSPS) is 34.3. The van der Waals surface area contributed by atoms with Crippen LogP contribution in [0.25, 0.3) is 0 Å². The van der Waals surface area contributed by atoms with Crippen LogP contribution in [0.3, 0.4) is 0 Å². The zero-order valence-corrected chi connectivity index (χ0v) is 63.0. The molecule has 4 saturated heterocycles. The van der Waals surface area contributed by atoms with Crippen molar-refractivity contribution in [3.8, 4) is 0 Å². The van der Waals surface area contributed by atoms with E-state index in [1.54, 1.807) is 0 Å². The quantitative estimate of drug-likeness (QED) is 0.0156. The molecule has 0 amide bonds. The van der Waals surface area contributed by atoms with Gasteiger partial charge in [-0.25, -0.2) is 51.5 Å². The maximum absolute atomic E-state index is 12.7. The number of aliphatic hydroxyl groups excluding tert-OH is 6. The summed E-state index contributed by atoms with van der Waals surface area (Å²) in [5.74, 6) is -4.90. The molecule has 50 heteroatoms. The number of carboxylic acid groups (broad SMARTS) is 2. The molecule has 440 valence electrons. The first kappa shape index (κ1) is 93.1. The van der Waals surface area contributed by atoms with E-state index in [1.807, 2.05) is 6.92 Å². The fourth-order valence-corrected chi connectivity index (χ4v) is 10.1. The molecule has 0 aromatic carbocycles. The van der Waals surface area contributed by atoms with Gasteiger partial charge in [-0.05, 0) is 6.42 Å². The van der Waals surface area contributed by atoms with Crippen molar-refractivity contribution in [2.75, 3.05) is 19.8 Å². The Morgan fingerprint density at radius 3 is 1.33 bits per heavy atom. The van der Waals surface area contributed by atoms with E-state index >= 15 is 0 Å². The first-order valence-corrected chi connectivity index (χ1v) is 28.2. The summed E-state index contributed by atoms with van der Waals surface area (Å²) in [6, 6.07) is -5.31. The monoisotopic (exact) mass is 1360 g/mol. The third-order valence-corrected chi connectivity index (χ3v) is 13.5. The Hall–Kier alpha value is 4.73. The maximum atomic E-state index is 12.7. The first-order chi connectivity index (χ1) is 34.4. The molecule has 4 fully saturated rings. The summed E-state index contributed by atoms with van der Waals surface area (Å²) in [4.78, 5) is 24.3. The second-order valence-corrected chi connectivity index (χ2v) is 21.9. The molecule has 82 heavy (non-hydrogen) atoms. The molecule has 0 aromatic heterocycles. The molecule has 4 aliphatic heterocycles. The van der Waals surface area contributed by atoms with Crippen LogP contribution in [0.2, 0.25) is 0 Å². The van der Waals surface area contributed by atoms with Crippen molar-refractivity contribution in [1.29, 1.82) is 0 Å². The van der Waals surface area contributed by atoms with Gasteiger partial charge < -0.3 is 111 Å². The molecule has 0 spiro atoms. The van der Waals surface area contributed by atoms with Gasteiger partial charge in [-0.15, -0.1) is 0 Å². The van der Waals surface area contributed by atoms with Gasteiger partial charge in [-0.3, -0.25) is 12.5 Å². The summed E-state index contributed by atoms with van der Waals surface area (Å²) in [6.45, 7) is -1.64. The molecule has 0 radical (unpaired) electrons. The summed E-state index contributed by atoms with van der Waals surface area (Å²) in [5, 5.41) is 89.2. The van der Waals surface area contributed by atoms with E-state index in [0.717, 1.165) is 24.0 Å². The van der Waals surface area contributed by atoms with Gasteiger partial charge in [0.15, 0.2) is 45.8 Å². The van der Waals surface area contributed by atoms with E-state index in [0.29, 0.717) is 12.8 Å². The second-order valence-electron chi connectivity index (χ2n) is 16.5. The third-order valence-electron chi connectivity index (χ3n) is 11.1. The number of aliphatic hydroxyl groups is 6. The fourth-order valence-electron chi connectivity index (χ4n) is 7.81. The Morgan fingerprint density at radius 1 is 0.451 bits per heavy atom. The van der Waals surface area contributed by atoms with Crippen LogP contribution in [0.15, 0.2) is 0 Å². The Bertz CT molecular complexity index is 2500. The number of carboxylic acids is 2. The van der Waals surface area contributed by atoms with Crippen LogP contribution < -0.4 is 227 Å². The van der Waals surface area contributed by atoms with Gasteiger partial charge in [0.2, 0.25) is 31.2 Å². The Labute approximate surface area is 624 Å². The van der Waals surface area contributed by atoms with E-state index in [1.165, 1.54) is 4.72 Å². The predicted octanol–water partition coefficient (Wildman–Crippen LogP) is -33.3. The van der Waals surface area contributed by atoms with Gasteiger partial charge in [0.05, 0.1) is 25.2 Å². The molecule has 20 atom stereocenters. The summed E-state index contributed by atoms with van der Waals surface area (Å²) < 4.78 is 235. The van der Waals surface area contributed by atoms with Crippen molar-refractivity contribution in [2.45, 2.75) is 168 Å². The smallest absolute Gasteiger partial charge is 0.735 e. The first-order valence-electron chi connectivity index (χ1n) is 21.4. The van der Waals surface area contributed by atoms with Crippen LogP contribution >= 0.6 is 0 Å². The van der Waals surface area contributed by atoms with Gasteiger partial charge in [-0.2, -0.15) is 0 Å². The van der Waals surface area contributed by atoms with Crippen molar-refractivity contribution in [3.05, 3.63) is 0 Å². The van der Waals surface area contributed by atoms with Crippen molar-refractivity contribution < 1.29 is 373 Å². The van der Waals surface area contributed by atoms with Gasteiger partial charge in [0.25, 0.3) is 0 Å². The fraction of sp³-hybridized carbons (Fsp3) is 0.938. The van der Waals surface area contributed by atoms with Crippen molar-refractivity contribution in [2.24, 2.45) is 0 Å². The van der Waals surface area contributed by atoms with E-state index in [4.69, 9.17) is 37.9 Å². The Balaban J connectivity index is -0.00000435. The number of hydrogen-bond donors (Lipinski definition) is 8. The zero-order valence-electron chi connectivity index (χ0n) is 44.9. The van der Waals surface area contributed by atoms with Crippen LogP contribution in [-0.2, 0) is 112 Å².